The van der Waals surface area contributed by atoms with Crippen LogP contribution in [0.2, 0.25) is 0 Å². The van der Waals surface area contributed by atoms with Crippen LogP contribution in [-0.4, -0.2) is 18.6 Å². The molecule has 1 aromatic rings. The van der Waals surface area contributed by atoms with Gasteiger partial charge in [0.15, 0.2) is 0 Å². The van der Waals surface area contributed by atoms with Crippen LogP contribution < -0.4 is 5.32 Å². The molecule has 0 heterocycles. The van der Waals surface area contributed by atoms with Crippen molar-refractivity contribution in [3.63, 3.8) is 0 Å². The van der Waals surface area contributed by atoms with Gasteiger partial charge in [-0.1, -0.05) is 19.1 Å². The van der Waals surface area contributed by atoms with Crippen LogP contribution in [0.15, 0.2) is 24.3 Å². The van der Waals surface area contributed by atoms with Crippen LogP contribution in [0, 0.1) is 5.82 Å². The SMILES string of the molecule is CCOC(=O)C(CC)Nc1ccccc1F. The van der Waals surface area contributed by atoms with Gasteiger partial charge < -0.3 is 10.1 Å². The standard InChI is InChI=1S/C12H16FNO2/c1-3-10(12(15)16-4-2)14-11-8-6-5-7-9(11)13/h5-8,10,14H,3-4H2,1-2H3. The summed E-state index contributed by atoms with van der Waals surface area (Å²) in [4.78, 5) is 11.5. The van der Waals surface area contributed by atoms with E-state index in [1.165, 1.54) is 6.07 Å². The minimum atomic E-state index is -0.503. The third kappa shape index (κ3) is 3.22. The molecule has 16 heavy (non-hydrogen) atoms. The Bertz CT molecular complexity index is 355. The summed E-state index contributed by atoms with van der Waals surface area (Å²) in [5.41, 5.74) is 0.322. The van der Waals surface area contributed by atoms with Gasteiger partial charge in [-0.05, 0) is 25.5 Å². The Labute approximate surface area is 94.6 Å². The fourth-order valence-electron chi connectivity index (χ4n) is 1.34. The van der Waals surface area contributed by atoms with Gasteiger partial charge in [0.05, 0.1) is 12.3 Å². The Hall–Kier alpha value is -1.58. The number of carbonyl (C=O) groups excluding carboxylic acids is 1. The Kier molecular flexibility index (Phi) is 4.76. The molecule has 1 atom stereocenters. The number of benzene rings is 1. The molecule has 0 aliphatic heterocycles. The monoisotopic (exact) mass is 225 g/mol. The normalized spacial score (nSPS) is 11.9. The molecule has 1 rings (SSSR count). The van der Waals surface area contributed by atoms with E-state index in [9.17, 15) is 9.18 Å². The van der Waals surface area contributed by atoms with Gasteiger partial charge in [-0.3, -0.25) is 0 Å². The molecule has 0 bridgehead atoms. The highest BCUT2D eigenvalue weighted by Crippen LogP contribution is 2.15. The van der Waals surface area contributed by atoms with Gasteiger partial charge in [0, 0.05) is 0 Å². The Morgan fingerprint density at radius 1 is 1.44 bits per heavy atom. The van der Waals surface area contributed by atoms with Crippen molar-refractivity contribution in [2.24, 2.45) is 0 Å². The highest BCUT2D eigenvalue weighted by molar-refractivity contribution is 5.79. The maximum absolute atomic E-state index is 13.3. The van der Waals surface area contributed by atoms with Crippen LogP contribution >= 0.6 is 0 Å². The number of ether oxygens (including phenoxy) is 1. The van der Waals surface area contributed by atoms with E-state index >= 15 is 0 Å². The highest BCUT2D eigenvalue weighted by atomic mass is 19.1. The van der Waals surface area contributed by atoms with Crippen molar-refractivity contribution in [3.05, 3.63) is 30.1 Å². The number of hydrogen-bond acceptors (Lipinski definition) is 3. The van der Waals surface area contributed by atoms with Gasteiger partial charge in [-0.25, -0.2) is 9.18 Å². The van der Waals surface area contributed by atoms with E-state index in [0.29, 0.717) is 18.7 Å². The molecule has 1 unspecified atom stereocenters. The van der Waals surface area contributed by atoms with Gasteiger partial charge in [0.25, 0.3) is 0 Å². The van der Waals surface area contributed by atoms with Crippen LogP contribution in [-0.2, 0) is 9.53 Å². The van der Waals surface area contributed by atoms with E-state index in [1.807, 2.05) is 6.92 Å². The van der Waals surface area contributed by atoms with Crippen LogP contribution in [0.25, 0.3) is 0 Å². The second kappa shape index (κ2) is 6.10. The molecule has 0 fully saturated rings. The van der Waals surface area contributed by atoms with Crippen LogP contribution in [0.1, 0.15) is 20.3 Å². The molecule has 88 valence electrons. The molecular formula is C12H16FNO2. The minimum Gasteiger partial charge on any atom is -0.464 e. The first kappa shape index (κ1) is 12.5. The molecular weight excluding hydrogens is 209 g/mol. The van der Waals surface area contributed by atoms with Crippen LogP contribution in [0.4, 0.5) is 10.1 Å². The summed E-state index contributed by atoms with van der Waals surface area (Å²) in [6.07, 6.45) is 0.549. The molecule has 0 radical (unpaired) electrons. The smallest absolute Gasteiger partial charge is 0.328 e. The van der Waals surface area contributed by atoms with Crippen molar-refractivity contribution < 1.29 is 13.9 Å². The van der Waals surface area contributed by atoms with E-state index in [-0.39, 0.29) is 11.8 Å². The van der Waals surface area contributed by atoms with E-state index in [1.54, 1.807) is 25.1 Å². The average Bonchev–Trinajstić information content (AvgIpc) is 2.28. The first-order valence-corrected chi connectivity index (χ1v) is 5.36. The fourth-order valence-corrected chi connectivity index (χ4v) is 1.34. The van der Waals surface area contributed by atoms with Gasteiger partial charge in [-0.15, -0.1) is 0 Å². The van der Waals surface area contributed by atoms with Crippen molar-refractivity contribution in [2.75, 3.05) is 11.9 Å². The molecule has 1 aromatic carbocycles. The molecule has 0 saturated carbocycles. The summed E-state index contributed by atoms with van der Waals surface area (Å²) in [6, 6.07) is 5.75. The summed E-state index contributed by atoms with van der Waals surface area (Å²) < 4.78 is 18.2. The van der Waals surface area contributed by atoms with Gasteiger partial charge in [-0.2, -0.15) is 0 Å². The number of carbonyl (C=O) groups is 1. The van der Waals surface area contributed by atoms with Crippen molar-refractivity contribution >= 4 is 11.7 Å². The lowest BCUT2D eigenvalue weighted by molar-refractivity contribution is -0.144. The fraction of sp³-hybridized carbons (Fsp3) is 0.417. The largest absolute Gasteiger partial charge is 0.464 e. The van der Waals surface area contributed by atoms with Gasteiger partial charge in [0.1, 0.15) is 11.9 Å². The topological polar surface area (TPSA) is 38.3 Å². The summed E-state index contributed by atoms with van der Waals surface area (Å²) in [7, 11) is 0. The van der Waals surface area contributed by atoms with Gasteiger partial charge >= 0.3 is 5.97 Å². The van der Waals surface area contributed by atoms with E-state index in [0.717, 1.165) is 0 Å². The lowest BCUT2D eigenvalue weighted by Crippen LogP contribution is -2.31. The number of esters is 1. The number of nitrogens with one attached hydrogen (secondary N) is 1. The number of hydrogen-bond donors (Lipinski definition) is 1. The predicted molar refractivity (Wildman–Crippen MR) is 60.7 cm³/mol. The molecule has 3 nitrogen and oxygen atoms in total. The molecule has 4 heteroatoms. The zero-order valence-electron chi connectivity index (χ0n) is 9.50. The minimum absolute atomic E-state index is 0.322. The van der Waals surface area contributed by atoms with Crippen molar-refractivity contribution in [2.45, 2.75) is 26.3 Å². The lowest BCUT2D eigenvalue weighted by atomic mass is 10.2. The van der Waals surface area contributed by atoms with E-state index in [2.05, 4.69) is 5.32 Å². The summed E-state index contributed by atoms with van der Waals surface area (Å²) in [5, 5.41) is 2.83. The third-order valence-electron chi connectivity index (χ3n) is 2.18. The summed E-state index contributed by atoms with van der Waals surface area (Å²) in [6.45, 7) is 3.91. The zero-order chi connectivity index (χ0) is 12.0. The maximum atomic E-state index is 13.3. The summed E-state index contributed by atoms with van der Waals surface area (Å²) in [5.74, 6) is -0.724. The first-order valence-electron chi connectivity index (χ1n) is 5.36. The number of anilines is 1. The number of rotatable bonds is 5. The Morgan fingerprint density at radius 3 is 2.69 bits per heavy atom. The molecule has 0 saturated heterocycles. The second-order valence-corrected chi connectivity index (χ2v) is 3.34. The number of halogens is 1. The Balaban J connectivity index is 2.70. The summed E-state index contributed by atoms with van der Waals surface area (Å²) >= 11 is 0. The van der Waals surface area contributed by atoms with Crippen LogP contribution in [0.5, 0.6) is 0 Å². The lowest BCUT2D eigenvalue weighted by Gasteiger charge is -2.16. The molecule has 0 aromatic heterocycles. The quantitative estimate of drug-likeness (QED) is 0.783. The van der Waals surface area contributed by atoms with Gasteiger partial charge in [0.2, 0.25) is 0 Å². The van der Waals surface area contributed by atoms with E-state index < -0.39 is 6.04 Å². The molecule has 0 amide bonds. The third-order valence-corrected chi connectivity index (χ3v) is 2.18. The number of para-hydroxylation sites is 1. The molecule has 0 spiro atoms. The molecule has 1 N–H and O–H groups in total. The van der Waals surface area contributed by atoms with E-state index in [4.69, 9.17) is 4.74 Å². The second-order valence-electron chi connectivity index (χ2n) is 3.34. The van der Waals surface area contributed by atoms with Crippen molar-refractivity contribution in [1.82, 2.24) is 0 Å². The highest BCUT2D eigenvalue weighted by Gasteiger charge is 2.18. The van der Waals surface area contributed by atoms with Crippen molar-refractivity contribution in [3.8, 4) is 0 Å². The predicted octanol–water partition coefficient (Wildman–Crippen LogP) is 2.58. The average molecular weight is 225 g/mol. The molecule has 0 aliphatic carbocycles. The molecule has 0 aliphatic rings. The zero-order valence-corrected chi connectivity index (χ0v) is 9.50. The maximum Gasteiger partial charge on any atom is 0.328 e. The van der Waals surface area contributed by atoms with Crippen LogP contribution in [0.3, 0.4) is 0 Å². The Morgan fingerprint density at radius 2 is 2.12 bits per heavy atom. The van der Waals surface area contributed by atoms with Crippen molar-refractivity contribution in [1.29, 1.82) is 0 Å². The first-order chi connectivity index (χ1) is 7.69.